The SMILES string of the molecule is COc1cccc(/C=C2\COc3cc(C)cc(C)c3C2=O)c1. The van der Waals surface area contributed by atoms with Crippen molar-refractivity contribution in [3.8, 4) is 11.5 Å². The van der Waals surface area contributed by atoms with Gasteiger partial charge in [-0.15, -0.1) is 0 Å². The number of ketones is 1. The molecule has 0 bridgehead atoms. The molecule has 3 rings (SSSR count). The van der Waals surface area contributed by atoms with Gasteiger partial charge in [-0.05, 0) is 54.8 Å². The van der Waals surface area contributed by atoms with Crippen LogP contribution in [0.4, 0.5) is 0 Å². The molecule has 0 saturated heterocycles. The van der Waals surface area contributed by atoms with Gasteiger partial charge in [-0.1, -0.05) is 18.2 Å². The maximum Gasteiger partial charge on any atom is 0.196 e. The lowest BCUT2D eigenvalue weighted by molar-refractivity contribution is 0.1000. The summed E-state index contributed by atoms with van der Waals surface area (Å²) < 4.78 is 11.0. The van der Waals surface area contributed by atoms with Gasteiger partial charge in [0.05, 0.1) is 12.7 Å². The zero-order valence-electron chi connectivity index (χ0n) is 13.0. The van der Waals surface area contributed by atoms with Crippen molar-refractivity contribution in [1.82, 2.24) is 0 Å². The van der Waals surface area contributed by atoms with Gasteiger partial charge >= 0.3 is 0 Å². The summed E-state index contributed by atoms with van der Waals surface area (Å²) in [5.74, 6) is 1.50. The summed E-state index contributed by atoms with van der Waals surface area (Å²) in [5.41, 5.74) is 4.32. The summed E-state index contributed by atoms with van der Waals surface area (Å²) in [5, 5.41) is 0. The van der Waals surface area contributed by atoms with Gasteiger partial charge in [0.15, 0.2) is 5.78 Å². The lowest BCUT2D eigenvalue weighted by Crippen LogP contribution is -2.20. The molecule has 0 fully saturated rings. The summed E-state index contributed by atoms with van der Waals surface area (Å²) in [6, 6.07) is 11.6. The second kappa shape index (κ2) is 5.68. The zero-order valence-corrected chi connectivity index (χ0v) is 13.0. The monoisotopic (exact) mass is 294 g/mol. The number of carbonyl (C=O) groups is 1. The number of methoxy groups -OCH3 is 1. The van der Waals surface area contributed by atoms with Crippen LogP contribution in [0.3, 0.4) is 0 Å². The molecule has 0 aromatic heterocycles. The second-order valence-corrected chi connectivity index (χ2v) is 5.52. The molecule has 2 aromatic rings. The molecule has 3 nitrogen and oxygen atoms in total. The average Bonchev–Trinajstić information content (AvgIpc) is 2.49. The Kier molecular flexibility index (Phi) is 3.72. The number of hydrogen-bond acceptors (Lipinski definition) is 3. The van der Waals surface area contributed by atoms with Gasteiger partial charge in [0.1, 0.15) is 18.1 Å². The smallest absolute Gasteiger partial charge is 0.196 e. The minimum Gasteiger partial charge on any atom is -0.497 e. The van der Waals surface area contributed by atoms with E-state index in [0.717, 1.165) is 22.4 Å². The Morgan fingerprint density at radius 1 is 1.18 bits per heavy atom. The molecule has 0 aliphatic carbocycles. The van der Waals surface area contributed by atoms with Crippen molar-refractivity contribution in [3.05, 3.63) is 64.2 Å². The molecule has 0 amide bonds. The number of ether oxygens (including phenoxy) is 2. The standard InChI is InChI=1S/C19H18O3/c1-12-7-13(2)18-17(8-12)22-11-15(19(18)20)9-14-5-4-6-16(10-14)21-3/h4-10H,11H2,1-3H3/b15-9+. The Bertz CT molecular complexity index is 772. The van der Waals surface area contributed by atoms with Crippen LogP contribution >= 0.6 is 0 Å². The largest absolute Gasteiger partial charge is 0.497 e. The van der Waals surface area contributed by atoms with Crippen LogP contribution in [0.2, 0.25) is 0 Å². The highest BCUT2D eigenvalue weighted by Crippen LogP contribution is 2.32. The number of benzene rings is 2. The van der Waals surface area contributed by atoms with Gasteiger partial charge in [-0.3, -0.25) is 4.79 Å². The van der Waals surface area contributed by atoms with Gasteiger partial charge in [0.25, 0.3) is 0 Å². The van der Waals surface area contributed by atoms with E-state index in [-0.39, 0.29) is 5.78 Å². The molecule has 1 heterocycles. The number of fused-ring (bicyclic) bond motifs is 1. The second-order valence-electron chi connectivity index (χ2n) is 5.52. The van der Waals surface area contributed by atoms with Crippen molar-refractivity contribution in [2.45, 2.75) is 13.8 Å². The Balaban J connectivity index is 2.00. The molecule has 0 N–H and O–H groups in total. The van der Waals surface area contributed by atoms with Gasteiger partial charge in [-0.2, -0.15) is 0 Å². The molecule has 22 heavy (non-hydrogen) atoms. The minimum absolute atomic E-state index is 0.0431. The topological polar surface area (TPSA) is 35.5 Å². The first-order valence-electron chi connectivity index (χ1n) is 7.22. The van der Waals surface area contributed by atoms with Crippen molar-refractivity contribution >= 4 is 11.9 Å². The van der Waals surface area contributed by atoms with E-state index in [2.05, 4.69) is 0 Å². The quantitative estimate of drug-likeness (QED) is 0.786. The van der Waals surface area contributed by atoms with E-state index in [1.54, 1.807) is 7.11 Å². The molecule has 0 unspecified atom stereocenters. The Morgan fingerprint density at radius 3 is 2.77 bits per heavy atom. The lowest BCUT2D eigenvalue weighted by atomic mass is 9.93. The van der Waals surface area contributed by atoms with E-state index < -0.39 is 0 Å². The van der Waals surface area contributed by atoms with Crippen LogP contribution in [0.25, 0.3) is 6.08 Å². The highest BCUT2D eigenvalue weighted by Gasteiger charge is 2.25. The third-order valence-electron chi connectivity index (χ3n) is 3.78. The fraction of sp³-hybridized carbons (Fsp3) is 0.211. The molecule has 2 aromatic carbocycles. The number of hydrogen-bond donors (Lipinski definition) is 0. The predicted octanol–water partition coefficient (Wildman–Crippen LogP) is 3.97. The Morgan fingerprint density at radius 2 is 2.00 bits per heavy atom. The van der Waals surface area contributed by atoms with Crippen LogP contribution < -0.4 is 9.47 Å². The van der Waals surface area contributed by atoms with Gasteiger partial charge in [0.2, 0.25) is 0 Å². The molecule has 0 spiro atoms. The highest BCUT2D eigenvalue weighted by molar-refractivity contribution is 6.14. The van der Waals surface area contributed by atoms with Crippen LogP contribution in [0, 0.1) is 13.8 Å². The maximum atomic E-state index is 12.7. The van der Waals surface area contributed by atoms with Crippen LogP contribution in [0.15, 0.2) is 42.0 Å². The molecule has 0 atom stereocenters. The minimum atomic E-state index is 0.0431. The van der Waals surface area contributed by atoms with E-state index in [4.69, 9.17) is 9.47 Å². The van der Waals surface area contributed by atoms with Crippen LogP contribution in [-0.2, 0) is 0 Å². The van der Waals surface area contributed by atoms with E-state index in [0.29, 0.717) is 23.5 Å². The molecule has 0 radical (unpaired) electrons. The van der Waals surface area contributed by atoms with E-state index in [1.165, 1.54) is 0 Å². The molecule has 3 heteroatoms. The summed E-state index contributed by atoms with van der Waals surface area (Å²) in [4.78, 5) is 12.7. The zero-order chi connectivity index (χ0) is 15.7. The number of rotatable bonds is 2. The predicted molar refractivity (Wildman–Crippen MR) is 86.7 cm³/mol. The Labute approximate surface area is 130 Å². The van der Waals surface area contributed by atoms with Gasteiger partial charge in [0, 0.05) is 5.57 Å². The van der Waals surface area contributed by atoms with Crippen LogP contribution in [-0.4, -0.2) is 19.5 Å². The van der Waals surface area contributed by atoms with E-state index >= 15 is 0 Å². The summed E-state index contributed by atoms with van der Waals surface area (Å²) in [7, 11) is 1.63. The normalized spacial score (nSPS) is 15.4. The van der Waals surface area contributed by atoms with Crippen molar-refractivity contribution < 1.29 is 14.3 Å². The third-order valence-corrected chi connectivity index (χ3v) is 3.78. The number of carbonyl (C=O) groups excluding carboxylic acids is 1. The van der Waals surface area contributed by atoms with Crippen LogP contribution in [0.1, 0.15) is 27.0 Å². The summed E-state index contributed by atoms with van der Waals surface area (Å²) in [6.45, 7) is 4.25. The molecule has 112 valence electrons. The van der Waals surface area contributed by atoms with Crippen molar-refractivity contribution in [2.24, 2.45) is 0 Å². The summed E-state index contributed by atoms with van der Waals surface area (Å²) in [6.07, 6.45) is 1.87. The highest BCUT2D eigenvalue weighted by atomic mass is 16.5. The molecule has 1 aliphatic rings. The van der Waals surface area contributed by atoms with E-state index in [1.807, 2.05) is 56.3 Å². The van der Waals surface area contributed by atoms with Crippen molar-refractivity contribution in [2.75, 3.05) is 13.7 Å². The average molecular weight is 294 g/mol. The van der Waals surface area contributed by atoms with Gasteiger partial charge < -0.3 is 9.47 Å². The van der Waals surface area contributed by atoms with E-state index in [9.17, 15) is 4.79 Å². The Hall–Kier alpha value is -2.55. The van der Waals surface area contributed by atoms with Gasteiger partial charge in [-0.25, -0.2) is 0 Å². The summed E-state index contributed by atoms with van der Waals surface area (Å²) >= 11 is 0. The first kappa shape index (κ1) is 14.4. The lowest BCUT2D eigenvalue weighted by Gasteiger charge is -2.21. The molecular weight excluding hydrogens is 276 g/mol. The number of aryl methyl sites for hydroxylation is 2. The fourth-order valence-electron chi connectivity index (χ4n) is 2.75. The first-order valence-corrected chi connectivity index (χ1v) is 7.22. The maximum absolute atomic E-state index is 12.7. The fourth-order valence-corrected chi connectivity index (χ4v) is 2.75. The molecular formula is C19H18O3. The van der Waals surface area contributed by atoms with Crippen LogP contribution in [0.5, 0.6) is 11.5 Å². The molecule has 1 aliphatic heterocycles. The number of Topliss-reactive ketones (excluding diaryl/α,β-unsaturated/α-hetero) is 1. The first-order chi connectivity index (χ1) is 10.6. The molecule has 0 saturated carbocycles. The van der Waals surface area contributed by atoms with Crippen molar-refractivity contribution in [1.29, 1.82) is 0 Å². The third kappa shape index (κ3) is 2.62. The van der Waals surface area contributed by atoms with Crippen molar-refractivity contribution in [3.63, 3.8) is 0 Å².